The Bertz CT molecular complexity index is 291. The molecule has 0 fully saturated rings. The van der Waals surface area contributed by atoms with Gasteiger partial charge in [0.05, 0.1) is 0 Å². The van der Waals surface area contributed by atoms with Gasteiger partial charge >= 0.3 is 0 Å². The quantitative estimate of drug-likeness (QED) is 0.456. The van der Waals surface area contributed by atoms with Crippen molar-refractivity contribution in [1.82, 2.24) is 9.97 Å². The Hall–Kier alpha value is -1.16. The van der Waals surface area contributed by atoms with E-state index in [0.717, 1.165) is 24.4 Å². The Morgan fingerprint density at radius 1 is 1.20 bits per heavy atom. The lowest BCUT2D eigenvalue weighted by Gasteiger charge is -2.16. The average Bonchev–Trinajstić information content (AvgIpc) is 2.16. The van der Waals surface area contributed by atoms with Crippen molar-refractivity contribution in [1.29, 1.82) is 0 Å². The van der Waals surface area contributed by atoms with Crippen LogP contribution in [0.15, 0.2) is 6.07 Å². The van der Waals surface area contributed by atoms with Gasteiger partial charge in [0.2, 0.25) is 5.95 Å². The Labute approximate surface area is 91.5 Å². The Morgan fingerprint density at radius 3 is 2.33 bits per heavy atom. The first-order valence-corrected chi connectivity index (χ1v) is 5.48. The van der Waals surface area contributed by atoms with Crippen LogP contribution in [0, 0.1) is 13.8 Å². The van der Waals surface area contributed by atoms with Gasteiger partial charge in [0.25, 0.3) is 0 Å². The Balaban J connectivity index is 2.60. The van der Waals surface area contributed by atoms with Gasteiger partial charge < -0.3 is 0 Å². The first-order valence-electron chi connectivity index (χ1n) is 5.48. The zero-order chi connectivity index (χ0) is 11.3. The number of anilines is 1. The molecular weight excluding hydrogens is 188 g/mol. The molecule has 1 rings (SSSR count). The van der Waals surface area contributed by atoms with Gasteiger partial charge in [0.1, 0.15) is 0 Å². The summed E-state index contributed by atoms with van der Waals surface area (Å²) in [7, 11) is 0. The molecule has 84 valence electrons. The molecule has 1 aromatic heterocycles. The number of aryl methyl sites for hydroxylation is 2. The van der Waals surface area contributed by atoms with Crippen molar-refractivity contribution in [3.05, 3.63) is 17.5 Å². The number of rotatable bonds is 5. The summed E-state index contributed by atoms with van der Waals surface area (Å²) in [6.45, 7) is 6.90. The van der Waals surface area contributed by atoms with Crippen molar-refractivity contribution in [3.8, 4) is 0 Å². The van der Waals surface area contributed by atoms with Crippen molar-refractivity contribution >= 4 is 5.95 Å². The Morgan fingerprint density at radius 2 is 1.80 bits per heavy atom. The standard InChI is InChI=1S/C11H20N4/c1-4-5-6-7-15(12)11-13-9(2)8-10(3)14-11/h8H,4-7,12H2,1-3H3. The summed E-state index contributed by atoms with van der Waals surface area (Å²) in [4.78, 5) is 8.60. The fourth-order valence-electron chi connectivity index (χ4n) is 1.47. The zero-order valence-corrected chi connectivity index (χ0v) is 9.82. The largest absolute Gasteiger partial charge is 0.279 e. The summed E-state index contributed by atoms with van der Waals surface area (Å²) in [5.74, 6) is 6.51. The second-order valence-corrected chi connectivity index (χ2v) is 3.85. The van der Waals surface area contributed by atoms with Crippen LogP contribution in [0.1, 0.15) is 37.6 Å². The molecule has 0 aromatic carbocycles. The van der Waals surface area contributed by atoms with Gasteiger partial charge in [-0.15, -0.1) is 0 Å². The predicted octanol–water partition coefficient (Wildman–Crippen LogP) is 1.96. The molecule has 0 amide bonds. The Kier molecular flexibility index (Phi) is 4.49. The molecule has 2 N–H and O–H groups in total. The molecule has 1 heterocycles. The predicted molar refractivity (Wildman–Crippen MR) is 62.6 cm³/mol. The molecule has 0 saturated heterocycles. The van der Waals surface area contributed by atoms with Gasteiger partial charge in [-0.05, 0) is 26.3 Å². The summed E-state index contributed by atoms with van der Waals surface area (Å²) >= 11 is 0. The number of aromatic nitrogens is 2. The lowest BCUT2D eigenvalue weighted by atomic mass is 10.2. The average molecular weight is 208 g/mol. The van der Waals surface area contributed by atoms with Crippen LogP contribution in [0.5, 0.6) is 0 Å². The van der Waals surface area contributed by atoms with Crippen molar-refractivity contribution in [2.75, 3.05) is 11.6 Å². The fraction of sp³-hybridized carbons (Fsp3) is 0.636. The van der Waals surface area contributed by atoms with E-state index in [1.165, 1.54) is 12.8 Å². The highest BCUT2D eigenvalue weighted by atomic mass is 15.5. The maximum Gasteiger partial charge on any atom is 0.240 e. The van der Waals surface area contributed by atoms with Crippen LogP contribution in [-0.2, 0) is 0 Å². The maximum absolute atomic E-state index is 5.88. The van der Waals surface area contributed by atoms with Crippen molar-refractivity contribution in [2.24, 2.45) is 5.84 Å². The first-order chi connectivity index (χ1) is 7.13. The number of hydrogen-bond donors (Lipinski definition) is 1. The first kappa shape index (κ1) is 11.9. The molecule has 1 aromatic rings. The van der Waals surface area contributed by atoms with E-state index in [2.05, 4.69) is 16.9 Å². The minimum Gasteiger partial charge on any atom is -0.279 e. The number of hydrogen-bond acceptors (Lipinski definition) is 4. The molecule has 0 aliphatic carbocycles. The molecule has 0 spiro atoms. The van der Waals surface area contributed by atoms with Gasteiger partial charge in [-0.2, -0.15) is 0 Å². The number of hydrazine groups is 1. The normalized spacial score (nSPS) is 10.4. The summed E-state index contributed by atoms with van der Waals surface area (Å²) < 4.78 is 0. The van der Waals surface area contributed by atoms with Gasteiger partial charge in [-0.3, -0.25) is 5.01 Å². The third-order valence-corrected chi connectivity index (χ3v) is 2.23. The van der Waals surface area contributed by atoms with Crippen LogP contribution in [0.25, 0.3) is 0 Å². The minimum absolute atomic E-state index is 0.628. The monoisotopic (exact) mass is 208 g/mol. The van der Waals surface area contributed by atoms with Crippen LogP contribution in [0.2, 0.25) is 0 Å². The highest BCUT2D eigenvalue weighted by molar-refractivity contribution is 5.29. The van der Waals surface area contributed by atoms with E-state index in [1.807, 2.05) is 19.9 Å². The summed E-state index contributed by atoms with van der Waals surface area (Å²) in [6.07, 6.45) is 3.48. The molecule has 4 nitrogen and oxygen atoms in total. The SMILES string of the molecule is CCCCCN(N)c1nc(C)cc(C)n1. The van der Waals surface area contributed by atoms with Crippen molar-refractivity contribution in [2.45, 2.75) is 40.0 Å². The molecular formula is C11H20N4. The van der Waals surface area contributed by atoms with Crippen molar-refractivity contribution < 1.29 is 0 Å². The highest BCUT2D eigenvalue weighted by Crippen LogP contribution is 2.07. The van der Waals surface area contributed by atoms with Crippen LogP contribution >= 0.6 is 0 Å². The number of nitrogens with zero attached hydrogens (tertiary/aromatic N) is 3. The molecule has 0 atom stereocenters. The molecule has 4 heteroatoms. The summed E-state index contributed by atoms with van der Waals surface area (Å²) in [5, 5.41) is 1.63. The van der Waals surface area contributed by atoms with Gasteiger partial charge in [0.15, 0.2) is 0 Å². The van der Waals surface area contributed by atoms with Crippen LogP contribution in [0.3, 0.4) is 0 Å². The second-order valence-electron chi connectivity index (χ2n) is 3.85. The summed E-state index contributed by atoms with van der Waals surface area (Å²) in [5.41, 5.74) is 1.92. The van der Waals surface area contributed by atoms with E-state index >= 15 is 0 Å². The maximum atomic E-state index is 5.88. The fourth-order valence-corrected chi connectivity index (χ4v) is 1.47. The van der Waals surface area contributed by atoms with E-state index in [4.69, 9.17) is 5.84 Å². The van der Waals surface area contributed by atoms with Crippen LogP contribution in [-0.4, -0.2) is 16.5 Å². The number of nitrogens with two attached hydrogens (primary N) is 1. The van der Waals surface area contributed by atoms with Crippen LogP contribution < -0.4 is 10.9 Å². The third kappa shape index (κ3) is 3.83. The van der Waals surface area contributed by atoms with Gasteiger partial charge in [-0.1, -0.05) is 19.8 Å². The highest BCUT2D eigenvalue weighted by Gasteiger charge is 2.05. The zero-order valence-electron chi connectivity index (χ0n) is 9.82. The number of unbranched alkanes of at least 4 members (excludes halogenated alkanes) is 2. The third-order valence-electron chi connectivity index (χ3n) is 2.23. The minimum atomic E-state index is 0.628. The van der Waals surface area contributed by atoms with E-state index in [0.29, 0.717) is 5.95 Å². The van der Waals surface area contributed by atoms with Crippen LogP contribution in [0.4, 0.5) is 5.95 Å². The molecule has 15 heavy (non-hydrogen) atoms. The van der Waals surface area contributed by atoms with Gasteiger partial charge in [-0.25, -0.2) is 15.8 Å². The topological polar surface area (TPSA) is 55.0 Å². The van der Waals surface area contributed by atoms with E-state index < -0.39 is 0 Å². The van der Waals surface area contributed by atoms with Gasteiger partial charge in [0, 0.05) is 17.9 Å². The summed E-state index contributed by atoms with van der Waals surface area (Å²) in [6, 6.07) is 1.95. The molecule has 0 bridgehead atoms. The van der Waals surface area contributed by atoms with E-state index in [1.54, 1.807) is 5.01 Å². The lowest BCUT2D eigenvalue weighted by Crippen LogP contribution is -2.33. The van der Waals surface area contributed by atoms with Crippen molar-refractivity contribution in [3.63, 3.8) is 0 Å². The lowest BCUT2D eigenvalue weighted by molar-refractivity contribution is 0.675. The molecule has 0 aliphatic rings. The molecule has 0 unspecified atom stereocenters. The smallest absolute Gasteiger partial charge is 0.240 e. The van der Waals surface area contributed by atoms with E-state index in [9.17, 15) is 0 Å². The molecule has 0 radical (unpaired) electrons. The second kappa shape index (κ2) is 5.66. The molecule has 0 aliphatic heterocycles. The molecule has 0 saturated carbocycles. The van der Waals surface area contributed by atoms with E-state index in [-0.39, 0.29) is 0 Å².